The van der Waals surface area contributed by atoms with Gasteiger partial charge in [-0.05, 0) is 90.2 Å². The molecular weight excluding hydrogens is 595 g/mol. The van der Waals surface area contributed by atoms with Crippen LogP contribution in [-0.2, 0) is 6.42 Å². The first-order valence-corrected chi connectivity index (χ1v) is 16.8. The lowest BCUT2D eigenvalue weighted by Crippen LogP contribution is -2.27. The number of rotatable bonds is 7. The van der Waals surface area contributed by atoms with Gasteiger partial charge in [-0.1, -0.05) is 122 Å². The van der Waals surface area contributed by atoms with Crippen LogP contribution in [-0.4, -0.2) is 9.13 Å². The number of para-hydroxylation sites is 2. The van der Waals surface area contributed by atoms with Gasteiger partial charge in [-0.2, -0.15) is 0 Å². The molecule has 0 aliphatic heterocycles. The third-order valence-electron chi connectivity index (χ3n) is 9.41. The molecule has 2 aromatic heterocycles. The molecule has 8 rings (SSSR count). The lowest BCUT2D eigenvalue weighted by Gasteiger charge is -2.11. The van der Waals surface area contributed by atoms with E-state index in [0.717, 1.165) is 56.1 Å². The molecule has 0 saturated heterocycles. The molecule has 0 amide bonds. The normalized spacial score (nSPS) is 12.6. The Bertz CT molecular complexity index is 2650. The summed E-state index contributed by atoms with van der Waals surface area (Å²) in [6, 6.07) is 51.8. The van der Waals surface area contributed by atoms with Crippen LogP contribution >= 0.6 is 0 Å². The van der Waals surface area contributed by atoms with Crippen molar-refractivity contribution in [3.05, 3.63) is 186 Å². The molecule has 0 fully saturated rings. The zero-order chi connectivity index (χ0) is 33.3. The third kappa shape index (κ3) is 5.46. The summed E-state index contributed by atoms with van der Waals surface area (Å²) in [5.74, 6) is 0. The van der Waals surface area contributed by atoms with E-state index in [1.54, 1.807) is 0 Å². The average molecular weight is 632 g/mol. The monoisotopic (exact) mass is 631 g/mol. The molecule has 3 nitrogen and oxygen atoms in total. The van der Waals surface area contributed by atoms with E-state index in [4.69, 9.17) is 5.73 Å². The standard InChI is InChI=1S/C46H37N3/c1-3-4-21-43-32(2)39-26-24-36(31-46(39)49(43)38-19-13-14-33(29-38)23-27-42(47)34-15-7-5-8-16-34)35-25-28-45-41(30-35)40-20-11-12-22-44(40)48(45)37-17-9-6-10-18-37/h3-22,24-31H,2,23,47H2,1H3/b4-3-,42-27-,43-21+. The first-order valence-electron chi connectivity index (χ1n) is 16.8. The van der Waals surface area contributed by atoms with Crippen molar-refractivity contribution in [1.82, 2.24) is 9.13 Å². The lowest BCUT2D eigenvalue weighted by molar-refractivity contribution is 1.06. The maximum atomic E-state index is 6.45. The van der Waals surface area contributed by atoms with Crippen LogP contribution < -0.4 is 16.3 Å². The Morgan fingerprint density at radius 1 is 0.612 bits per heavy atom. The number of hydrogen-bond donors (Lipinski definition) is 1. The Morgan fingerprint density at radius 2 is 1.31 bits per heavy atom. The van der Waals surface area contributed by atoms with Crippen molar-refractivity contribution in [1.29, 1.82) is 0 Å². The Morgan fingerprint density at radius 3 is 2.12 bits per heavy atom. The van der Waals surface area contributed by atoms with Crippen LogP contribution in [0.4, 0.5) is 0 Å². The van der Waals surface area contributed by atoms with Crippen molar-refractivity contribution in [3.8, 4) is 22.5 Å². The molecular formula is C46H37N3. The minimum atomic E-state index is 0.737. The van der Waals surface area contributed by atoms with E-state index in [0.29, 0.717) is 0 Å². The Labute approximate surface area is 286 Å². The average Bonchev–Trinajstić information content (AvgIpc) is 3.64. The fourth-order valence-corrected chi connectivity index (χ4v) is 7.00. The molecule has 6 aromatic carbocycles. The summed E-state index contributed by atoms with van der Waals surface area (Å²) >= 11 is 0. The second-order valence-electron chi connectivity index (χ2n) is 12.4. The summed E-state index contributed by atoms with van der Waals surface area (Å²) in [4.78, 5) is 0. The van der Waals surface area contributed by atoms with Crippen LogP contribution in [0.5, 0.6) is 0 Å². The molecule has 0 bridgehead atoms. The molecule has 3 heteroatoms. The highest BCUT2D eigenvalue weighted by molar-refractivity contribution is 6.10. The van der Waals surface area contributed by atoms with Gasteiger partial charge in [0.2, 0.25) is 0 Å². The van der Waals surface area contributed by atoms with Gasteiger partial charge in [0, 0.05) is 38.4 Å². The van der Waals surface area contributed by atoms with Crippen LogP contribution in [0, 0.1) is 0 Å². The van der Waals surface area contributed by atoms with Gasteiger partial charge >= 0.3 is 0 Å². The highest BCUT2D eigenvalue weighted by Crippen LogP contribution is 2.35. The second kappa shape index (κ2) is 12.7. The van der Waals surface area contributed by atoms with E-state index in [9.17, 15) is 0 Å². The van der Waals surface area contributed by atoms with Crippen molar-refractivity contribution >= 4 is 51.1 Å². The summed E-state index contributed by atoms with van der Waals surface area (Å²) < 4.78 is 4.70. The number of aromatic nitrogens is 2. The van der Waals surface area contributed by atoms with Gasteiger partial charge in [-0.25, -0.2) is 0 Å². The highest BCUT2D eigenvalue weighted by atomic mass is 15.0. The molecule has 2 heterocycles. The van der Waals surface area contributed by atoms with Gasteiger partial charge in [0.05, 0.1) is 21.9 Å². The van der Waals surface area contributed by atoms with Gasteiger partial charge in [0.1, 0.15) is 0 Å². The fourth-order valence-electron chi connectivity index (χ4n) is 7.00. The van der Waals surface area contributed by atoms with Gasteiger partial charge in [0.15, 0.2) is 0 Å². The molecule has 49 heavy (non-hydrogen) atoms. The third-order valence-corrected chi connectivity index (χ3v) is 9.41. The summed E-state index contributed by atoms with van der Waals surface area (Å²) in [6.07, 6.45) is 9.14. The number of fused-ring (bicyclic) bond motifs is 4. The molecule has 0 saturated carbocycles. The van der Waals surface area contributed by atoms with E-state index >= 15 is 0 Å². The van der Waals surface area contributed by atoms with Gasteiger partial charge in [-0.3, -0.25) is 0 Å². The molecule has 2 N–H and O–H groups in total. The number of benzene rings is 6. The maximum absolute atomic E-state index is 6.45. The topological polar surface area (TPSA) is 35.9 Å². The SMILES string of the molecule is C=c1/c(=C\C=C/C)n(-c2cccc(C/C=C(\N)c3ccccc3)c2)c2cc(-c3ccc4c(c3)c3ccccc3n4-c3ccccc3)ccc12. The Balaban J connectivity index is 1.27. The summed E-state index contributed by atoms with van der Waals surface area (Å²) in [5.41, 5.74) is 17.6. The number of hydrogen-bond acceptors (Lipinski definition) is 1. The number of nitrogens with zero attached hydrogens (tertiary/aromatic N) is 2. The Kier molecular flexibility index (Phi) is 7.79. The molecule has 0 radical (unpaired) electrons. The molecule has 236 valence electrons. The van der Waals surface area contributed by atoms with E-state index in [1.165, 1.54) is 32.9 Å². The second-order valence-corrected chi connectivity index (χ2v) is 12.4. The van der Waals surface area contributed by atoms with Gasteiger partial charge < -0.3 is 14.9 Å². The quantitative estimate of drug-likeness (QED) is 0.187. The van der Waals surface area contributed by atoms with Crippen LogP contribution in [0.1, 0.15) is 18.1 Å². The maximum Gasteiger partial charge on any atom is 0.0547 e. The highest BCUT2D eigenvalue weighted by Gasteiger charge is 2.15. The number of nitrogens with two attached hydrogens (primary N) is 1. The van der Waals surface area contributed by atoms with E-state index < -0.39 is 0 Å². The molecule has 0 unspecified atom stereocenters. The van der Waals surface area contributed by atoms with E-state index in [2.05, 4.69) is 155 Å². The van der Waals surface area contributed by atoms with Crippen molar-refractivity contribution in [2.24, 2.45) is 5.73 Å². The molecule has 0 spiro atoms. The zero-order valence-corrected chi connectivity index (χ0v) is 27.6. The summed E-state index contributed by atoms with van der Waals surface area (Å²) in [5, 5.41) is 5.71. The van der Waals surface area contributed by atoms with Crippen molar-refractivity contribution in [3.63, 3.8) is 0 Å². The van der Waals surface area contributed by atoms with Crippen LogP contribution in [0.3, 0.4) is 0 Å². The molecule has 0 aliphatic rings. The Hall–Kier alpha value is -6.32. The van der Waals surface area contributed by atoms with Crippen molar-refractivity contribution in [2.45, 2.75) is 13.3 Å². The summed E-state index contributed by atoms with van der Waals surface area (Å²) in [7, 11) is 0. The fraction of sp³-hybridized carbons (Fsp3) is 0.0435. The predicted molar refractivity (Wildman–Crippen MR) is 209 cm³/mol. The zero-order valence-electron chi connectivity index (χ0n) is 27.6. The minimum absolute atomic E-state index is 0.737. The van der Waals surface area contributed by atoms with Crippen molar-refractivity contribution in [2.75, 3.05) is 0 Å². The van der Waals surface area contributed by atoms with Crippen LogP contribution in [0.15, 0.2) is 164 Å². The lowest BCUT2D eigenvalue weighted by atomic mass is 10.0. The van der Waals surface area contributed by atoms with Gasteiger partial charge in [0.25, 0.3) is 0 Å². The first kappa shape index (κ1) is 30.0. The molecule has 0 aliphatic carbocycles. The minimum Gasteiger partial charge on any atom is -0.398 e. The first-order chi connectivity index (χ1) is 24.1. The predicted octanol–water partition coefficient (Wildman–Crippen LogP) is 9.70. The van der Waals surface area contributed by atoms with Crippen molar-refractivity contribution < 1.29 is 0 Å². The van der Waals surface area contributed by atoms with Crippen LogP contribution in [0.2, 0.25) is 0 Å². The van der Waals surface area contributed by atoms with E-state index in [1.807, 2.05) is 37.3 Å². The van der Waals surface area contributed by atoms with E-state index in [-0.39, 0.29) is 0 Å². The smallest absolute Gasteiger partial charge is 0.0547 e. The summed E-state index contributed by atoms with van der Waals surface area (Å²) in [6.45, 7) is 6.60. The molecule has 0 atom stereocenters. The molecule has 8 aromatic rings. The van der Waals surface area contributed by atoms with Gasteiger partial charge in [-0.15, -0.1) is 0 Å². The largest absolute Gasteiger partial charge is 0.398 e. The van der Waals surface area contributed by atoms with Crippen LogP contribution in [0.25, 0.3) is 73.6 Å². The number of allylic oxidation sites excluding steroid dienone is 3.